The molecule has 6 nitrogen and oxygen atoms in total. The van der Waals surface area contributed by atoms with E-state index in [9.17, 15) is 9.90 Å². The maximum Gasteiger partial charge on any atom is 0.321 e. The fraction of sp³-hybridized carbons (Fsp3) is 0.412. The molecule has 1 unspecified atom stereocenters. The van der Waals surface area contributed by atoms with Crippen molar-refractivity contribution in [1.82, 2.24) is 14.7 Å². The van der Waals surface area contributed by atoms with E-state index in [-0.39, 0.29) is 6.03 Å². The number of carbonyl (C=O) groups excluding carboxylic acids is 1. The molecule has 1 aromatic carbocycles. The second-order valence-electron chi connectivity index (χ2n) is 6.13. The van der Waals surface area contributed by atoms with Crippen molar-refractivity contribution in [2.45, 2.75) is 25.9 Å². The summed E-state index contributed by atoms with van der Waals surface area (Å²) in [7, 11) is 1.70. The van der Waals surface area contributed by atoms with Crippen LogP contribution in [0.4, 0.5) is 10.5 Å². The number of aliphatic hydroxyl groups excluding tert-OH is 1. The summed E-state index contributed by atoms with van der Waals surface area (Å²) in [6.45, 7) is 2.27. The van der Waals surface area contributed by atoms with E-state index in [0.29, 0.717) is 18.2 Å². The first-order valence-corrected chi connectivity index (χ1v) is 7.86. The van der Waals surface area contributed by atoms with Crippen LogP contribution in [0.15, 0.2) is 36.5 Å². The predicted molar refractivity (Wildman–Crippen MR) is 88.7 cm³/mol. The number of amides is 2. The number of hydrogen-bond acceptors (Lipinski definition) is 3. The Morgan fingerprint density at radius 1 is 1.43 bits per heavy atom. The lowest BCUT2D eigenvalue weighted by Gasteiger charge is -2.22. The van der Waals surface area contributed by atoms with Gasteiger partial charge in [-0.25, -0.2) is 9.48 Å². The van der Waals surface area contributed by atoms with Gasteiger partial charge in [-0.05, 0) is 43.9 Å². The fourth-order valence-corrected chi connectivity index (χ4v) is 2.53. The van der Waals surface area contributed by atoms with Crippen LogP contribution in [0, 0.1) is 12.8 Å². The van der Waals surface area contributed by atoms with Crippen LogP contribution in [0.2, 0.25) is 0 Å². The number of benzene rings is 1. The third kappa shape index (κ3) is 3.71. The maximum atomic E-state index is 12.4. The summed E-state index contributed by atoms with van der Waals surface area (Å²) in [5.74, 6) is 0.351. The Bertz CT molecular complexity index is 693. The average Bonchev–Trinajstić information content (AvgIpc) is 3.30. The minimum Gasteiger partial charge on any atom is -0.391 e. The molecule has 1 aliphatic rings. The van der Waals surface area contributed by atoms with Crippen molar-refractivity contribution >= 4 is 11.7 Å². The Labute approximate surface area is 135 Å². The molecule has 1 heterocycles. The van der Waals surface area contributed by atoms with Gasteiger partial charge < -0.3 is 15.3 Å². The number of likely N-dealkylation sites (N-methyl/N-ethyl adjacent to an activating group) is 1. The summed E-state index contributed by atoms with van der Waals surface area (Å²) < 4.78 is 1.74. The van der Waals surface area contributed by atoms with Crippen molar-refractivity contribution in [3.63, 3.8) is 0 Å². The maximum absolute atomic E-state index is 12.4. The van der Waals surface area contributed by atoms with Crippen molar-refractivity contribution in [1.29, 1.82) is 0 Å². The van der Waals surface area contributed by atoms with Crippen LogP contribution in [-0.2, 0) is 0 Å². The molecule has 3 rings (SSSR count). The SMILES string of the molecule is Cc1ccn(-c2ccccc2NC(=O)N(C)CC(O)C2CC2)n1. The van der Waals surface area contributed by atoms with Gasteiger partial charge in [0.25, 0.3) is 0 Å². The topological polar surface area (TPSA) is 70.4 Å². The highest BCUT2D eigenvalue weighted by atomic mass is 16.3. The summed E-state index contributed by atoms with van der Waals surface area (Å²) in [6, 6.07) is 9.20. The van der Waals surface area contributed by atoms with Crippen molar-refractivity contribution in [3.8, 4) is 5.69 Å². The first-order valence-electron chi connectivity index (χ1n) is 7.86. The van der Waals surface area contributed by atoms with Gasteiger partial charge >= 0.3 is 6.03 Å². The number of urea groups is 1. The summed E-state index contributed by atoms with van der Waals surface area (Å²) >= 11 is 0. The van der Waals surface area contributed by atoms with Gasteiger partial charge in [0.1, 0.15) is 0 Å². The largest absolute Gasteiger partial charge is 0.391 e. The first kappa shape index (κ1) is 15.6. The number of nitrogens with one attached hydrogen (secondary N) is 1. The number of rotatable bonds is 5. The number of aliphatic hydroxyl groups is 1. The van der Waals surface area contributed by atoms with Crippen LogP contribution in [0.5, 0.6) is 0 Å². The normalized spacial score (nSPS) is 15.3. The molecule has 122 valence electrons. The molecule has 1 saturated carbocycles. The molecule has 1 atom stereocenters. The van der Waals surface area contributed by atoms with Crippen LogP contribution >= 0.6 is 0 Å². The van der Waals surface area contributed by atoms with Gasteiger partial charge in [-0.3, -0.25) is 0 Å². The van der Waals surface area contributed by atoms with Crippen molar-refractivity contribution in [2.24, 2.45) is 5.92 Å². The Morgan fingerprint density at radius 3 is 2.83 bits per heavy atom. The third-order valence-electron chi connectivity index (χ3n) is 4.09. The van der Waals surface area contributed by atoms with Crippen LogP contribution in [0.3, 0.4) is 0 Å². The standard InChI is InChI=1S/C17H22N4O2/c1-12-9-10-21(19-12)15-6-4-3-5-14(15)18-17(23)20(2)11-16(22)13-7-8-13/h3-6,9-10,13,16,22H,7-8,11H2,1-2H3,(H,18,23). The summed E-state index contributed by atoms with van der Waals surface area (Å²) in [5, 5.41) is 17.3. The zero-order chi connectivity index (χ0) is 16.4. The lowest BCUT2D eigenvalue weighted by atomic mass is 10.2. The second kappa shape index (κ2) is 6.42. The van der Waals surface area contributed by atoms with Gasteiger partial charge in [0.05, 0.1) is 23.2 Å². The highest BCUT2D eigenvalue weighted by Gasteiger charge is 2.31. The van der Waals surface area contributed by atoms with Crippen LogP contribution in [0.1, 0.15) is 18.5 Å². The van der Waals surface area contributed by atoms with Crippen LogP contribution in [0.25, 0.3) is 5.69 Å². The molecule has 6 heteroatoms. The molecule has 0 saturated heterocycles. The molecule has 1 aliphatic carbocycles. The minimum absolute atomic E-state index is 0.235. The molecule has 0 aliphatic heterocycles. The summed E-state index contributed by atoms with van der Waals surface area (Å²) in [4.78, 5) is 13.9. The zero-order valence-corrected chi connectivity index (χ0v) is 13.4. The van der Waals surface area contributed by atoms with Gasteiger partial charge in [0.2, 0.25) is 0 Å². The number of para-hydroxylation sites is 2. The Kier molecular flexibility index (Phi) is 4.34. The van der Waals surface area contributed by atoms with E-state index >= 15 is 0 Å². The Balaban J connectivity index is 1.70. The molecular weight excluding hydrogens is 292 g/mol. The van der Waals surface area contributed by atoms with E-state index in [4.69, 9.17) is 0 Å². The number of hydrogen-bond donors (Lipinski definition) is 2. The average molecular weight is 314 g/mol. The third-order valence-corrected chi connectivity index (χ3v) is 4.09. The Morgan fingerprint density at radius 2 is 2.17 bits per heavy atom. The predicted octanol–water partition coefficient (Wildman–Crippen LogP) is 2.42. The lowest BCUT2D eigenvalue weighted by Crippen LogP contribution is -2.38. The number of aromatic nitrogens is 2. The molecular formula is C17H22N4O2. The van der Waals surface area contributed by atoms with E-state index in [0.717, 1.165) is 24.2 Å². The van der Waals surface area contributed by atoms with Gasteiger partial charge in [-0.15, -0.1) is 0 Å². The van der Waals surface area contributed by atoms with E-state index in [1.165, 1.54) is 4.90 Å². The molecule has 0 radical (unpaired) electrons. The molecule has 2 aromatic rings. The van der Waals surface area contributed by atoms with Gasteiger partial charge in [-0.1, -0.05) is 12.1 Å². The minimum atomic E-state index is -0.435. The van der Waals surface area contributed by atoms with Gasteiger partial charge in [0, 0.05) is 19.8 Å². The fourth-order valence-electron chi connectivity index (χ4n) is 2.53. The van der Waals surface area contributed by atoms with E-state index in [2.05, 4.69) is 10.4 Å². The second-order valence-corrected chi connectivity index (χ2v) is 6.13. The first-order chi connectivity index (χ1) is 11.0. The number of aryl methyl sites for hydroxylation is 1. The highest BCUT2D eigenvalue weighted by molar-refractivity contribution is 5.91. The molecule has 2 amide bonds. The Hall–Kier alpha value is -2.34. The molecule has 1 fully saturated rings. The van der Waals surface area contributed by atoms with Crippen molar-refractivity contribution in [3.05, 3.63) is 42.2 Å². The van der Waals surface area contributed by atoms with Crippen molar-refractivity contribution < 1.29 is 9.90 Å². The molecule has 0 spiro atoms. The number of anilines is 1. The van der Waals surface area contributed by atoms with E-state index < -0.39 is 6.10 Å². The summed E-state index contributed by atoms with van der Waals surface area (Å²) in [6.07, 6.45) is 3.53. The van der Waals surface area contributed by atoms with Gasteiger partial charge in [0.15, 0.2) is 0 Å². The van der Waals surface area contributed by atoms with Crippen molar-refractivity contribution in [2.75, 3.05) is 18.9 Å². The highest BCUT2D eigenvalue weighted by Crippen LogP contribution is 2.32. The molecule has 1 aromatic heterocycles. The van der Waals surface area contributed by atoms with Gasteiger partial charge in [-0.2, -0.15) is 5.10 Å². The van der Waals surface area contributed by atoms with E-state index in [1.54, 1.807) is 11.7 Å². The van der Waals surface area contributed by atoms with Crippen LogP contribution in [-0.4, -0.2) is 45.5 Å². The smallest absolute Gasteiger partial charge is 0.321 e. The number of nitrogens with zero attached hydrogens (tertiary/aromatic N) is 3. The van der Waals surface area contributed by atoms with E-state index in [1.807, 2.05) is 43.5 Å². The monoisotopic (exact) mass is 314 g/mol. The quantitative estimate of drug-likeness (QED) is 0.890. The lowest BCUT2D eigenvalue weighted by molar-refractivity contribution is 0.117. The summed E-state index contributed by atoms with van der Waals surface area (Å²) in [5.41, 5.74) is 2.41. The van der Waals surface area contributed by atoms with Crippen LogP contribution < -0.4 is 5.32 Å². The zero-order valence-electron chi connectivity index (χ0n) is 13.4. The molecule has 2 N–H and O–H groups in total. The number of carbonyl (C=O) groups is 1. The molecule has 0 bridgehead atoms. The molecule has 23 heavy (non-hydrogen) atoms.